The molecular formula is C23H30N6O. The molecule has 0 aliphatic carbocycles. The van der Waals surface area contributed by atoms with Gasteiger partial charge in [0.1, 0.15) is 5.82 Å². The number of aryl methyl sites for hydroxylation is 1. The minimum Gasteiger partial charge on any atom is -0.363 e. The fraction of sp³-hybridized carbons (Fsp3) is 0.435. The zero-order valence-corrected chi connectivity index (χ0v) is 18.0. The number of para-hydroxylation sites is 1. The Morgan fingerprint density at radius 3 is 2.93 bits per heavy atom. The molecule has 1 aliphatic rings. The van der Waals surface area contributed by atoms with Crippen molar-refractivity contribution < 1.29 is 4.79 Å². The van der Waals surface area contributed by atoms with Crippen LogP contribution < -0.4 is 10.2 Å². The normalized spacial score (nSPS) is 16.4. The van der Waals surface area contributed by atoms with Gasteiger partial charge >= 0.3 is 0 Å². The molecule has 2 aromatic heterocycles. The van der Waals surface area contributed by atoms with Crippen LogP contribution in [0.15, 0.2) is 36.5 Å². The first-order valence-electron chi connectivity index (χ1n) is 10.6. The van der Waals surface area contributed by atoms with E-state index in [0.717, 1.165) is 48.7 Å². The first kappa shape index (κ1) is 20.3. The molecule has 7 nitrogen and oxygen atoms in total. The molecule has 0 radical (unpaired) electrons. The highest BCUT2D eigenvalue weighted by molar-refractivity contribution is 5.84. The van der Waals surface area contributed by atoms with Gasteiger partial charge in [0.15, 0.2) is 5.82 Å². The van der Waals surface area contributed by atoms with Crippen LogP contribution in [0.25, 0.3) is 10.9 Å². The predicted octanol–water partition coefficient (Wildman–Crippen LogP) is 3.04. The number of H-pyrrole nitrogens is 1. The fourth-order valence-corrected chi connectivity index (χ4v) is 4.21. The Hall–Kier alpha value is -2.93. The van der Waals surface area contributed by atoms with Crippen LogP contribution in [0.2, 0.25) is 0 Å². The topological polar surface area (TPSA) is 77.1 Å². The molecule has 0 saturated carbocycles. The Morgan fingerprint density at radius 1 is 1.30 bits per heavy atom. The monoisotopic (exact) mass is 406 g/mol. The lowest BCUT2D eigenvalue weighted by molar-refractivity contribution is -0.132. The van der Waals surface area contributed by atoms with Crippen LogP contribution in [0.4, 0.5) is 5.82 Å². The molecule has 1 aromatic carbocycles. The third kappa shape index (κ3) is 4.16. The maximum absolute atomic E-state index is 13.1. The van der Waals surface area contributed by atoms with E-state index in [9.17, 15) is 4.79 Å². The number of anilines is 1. The van der Waals surface area contributed by atoms with E-state index in [4.69, 9.17) is 9.97 Å². The van der Waals surface area contributed by atoms with Crippen LogP contribution in [-0.2, 0) is 17.8 Å². The lowest BCUT2D eigenvalue weighted by Gasteiger charge is -2.25. The number of likely N-dealkylation sites (tertiary alicyclic amines) is 1. The average molecular weight is 407 g/mol. The van der Waals surface area contributed by atoms with E-state index < -0.39 is 0 Å². The van der Waals surface area contributed by atoms with Crippen molar-refractivity contribution in [3.8, 4) is 0 Å². The lowest BCUT2D eigenvalue weighted by Crippen LogP contribution is -2.32. The summed E-state index contributed by atoms with van der Waals surface area (Å²) in [6.45, 7) is 1.45. The average Bonchev–Trinajstić information content (AvgIpc) is 3.39. The molecule has 0 spiro atoms. The number of aromatic amines is 1. The smallest absolute Gasteiger partial charge is 0.223 e. The van der Waals surface area contributed by atoms with Gasteiger partial charge in [0, 0.05) is 56.8 Å². The van der Waals surface area contributed by atoms with Crippen molar-refractivity contribution >= 4 is 22.6 Å². The molecule has 30 heavy (non-hydrogen) atoms. The maximum atomic E-state index is 13.1. The Bertz CT molecular complexity index is 1030. The molecule has 1 aliphatic heterocycles. The van der Waals surface area contributed by atoms with Crippen LogP contribution in [0.5, 0.6) is 0 Å². The molecule has 2 N–H and O–H groups in total. The fourth-order valence-electron chi connectivity index (χ4n) is 4.21. The molecule has 3 aromatic rings. The Kier molecular flexibility index (Phi) is 5.99. The second-order valence-corrected chi connectivity index (χ2v) is 8.11. The summed E-state index contributed by atoms with van der Waals surface area (Å²) in [5.41, 5.74) is 3.26. The van der Waals surface area contributed by atoms with E-state index in [0.29, 0.717) is 13.0 Å². The standard InChI is InChI=1S/C23H30N6O/c1-24-15-17-13-21(28(2)3)27-23(26-17)20-9-6-12-29(20)22(30)11-10-16-14-25-19-8-5-4-7-18(16)19/h4-5,7-8,13-14,20,24-25H,6,9-12,15H2,1-3H3. The van der Waals surface area contributed by atoms with Crippen molar-refractivity contribution in [2.45, 2.75) is 38.3 Å². The molecule has 1 amide bonds. The van der Waals surface area contributed by atoms with Crippen molar-refractivity contribution in [3.63, 3.8) is 0 Å². The number of carbonyl (C=O) groups excluding carboxylic acids is 1. The van der Waals surface area contributed by atoms with Crippen molar-refractivity contribution in [3.05, 3.63) is 53.6 Å². The minimum absolute atomic E-state index is 0.0454. The Labute approximate surface area is 177 Å². The van der Waals surface area contributed by atoms with Crippen LogP contribution in [0.1, 0.15) is 42.4 Å². The van der Waals surface area contributed by atoms with Gasteiger partial charge in [-0.3, -0.25) is 4.79 Å². The summed E-state index contributed by atoms with van der Waals surface area (Å²) in [5, 5.41) is 4.36. The first-order chi connectivity index (χ1) is 14.6. The maximum Gasteiger partial charge on any atom is 0.223 e. The van der Waals surface area contributed by atoms with E-state index in [1.807, 2.05) is 55.3 Å². The Balaban J connectivity index is 1.51. The van der Waals surface area contributed by atoms with Gasteiger partial charge in [-0.25, -0.2) is 9.97 Å². The predicted molar refractivity (Wildman–Crippen MR) is 119 cm³/mol. The van der Waals surface area contributed by atoms with E-state index in [-0.39, 0.29) is 11.9 Å². The largest absolute Gasteiger partial charge is 0.363 e. The van der Waals surface area contributed by atoms with Crippen LogP contribution >= 0.6 is 0 Å². The molecule has 1 saturated heterocycles. The van der Waals surface area contributed by atoms with Gasteiger partial charge in [0.05, 0.1) is 11.7 Å². The van der Waals surface area contributed by atoms with Gasteiger partial charge in [-0.05, 0) is 37.9 Å². The number of hydrogen-bond acceptors (Lipinski definition) is 5. The molecule has 1 fully saturated rings. The number of rotatable bonds is 7. The number of fused-ring (bicyclic) bond motifs is 1. The Morgan fingerprint density at radius 2 is 2.13 bits per heavy atom. The SMILES string of the molecule is CNCc1cc(N(C)C)nc(C2CCCN2C(=O)CCc2c[nH]c3ccccc23)n1. The van der Waals surface area contributed by atoms with E-state index in [1.165, 1.54) is 10.9 Å². The summed E-state index contributed by atoms with van der Waals surface area (Å²) in [5.74, 6) is 1.81. The summed E-state index contributed by atoms with van der Waals surface area (Å²) in [7, 11) is 5.87. The second-order valence-electron chi connectivity index (χ2n) is 8.11. The summed E-state index contributed by atoms with van der Waals surface area (Å²) < 4.78 is 0. The highest BCUT2D eigenvalue weighted by atomic mass is 16.2. The molecule has 1 unspecified atom stereocenters. The van der Waals surface area contributed by atoms with Gasteiger partial charge in [-0.2, -0.15) is 0 Å². The van der Waals surface area contributed by atoms with Gasteiger partial charge in [0.2, 0.25) is 5.91 Å². The van der Waals surface area contributed by atoms with Gasteiger partial charge in [-0.1, -0.05) is 18.2 Å². The minimum atomic E-state index is -0.0454. The summed E-state index contributed by atoms with van der Waals surface area (Å²) in [4.78, 5) is 29.9. The highest BCUT2D eigenvalue weighted by Crippen LogP contribution is 2.32. The van der Waals surface area contributed by atoms with Gasteiger partial charge < -0.3 is 20.1 Å². The number of nitrogens with zero attached hydrogens (tertiary/aromatic N) is 4. The zero-order chi connectivity index (χ0) is 21.1. The summed E-state index contributed by atoms with van der Waals surface area (Å²) >= 11 is 0. The van der Waals surface area contributed by atoms with Crippen LogP contribution in [0, 0.1) is 0 Å². The molecule has 158 valence electrons. The summed E-state index contributed by atoms with van der Waals surface area (Å²) in [6.07, 6.45) is 5.15. The number of benzene rings is 1. The highest BCUT2D eigenvalue weighted by Gasteiger charge is 2.32. The molecule has 0 bridgehead atoms. The van der Waals surface area contributed by atoms with Gasteiger partial charge in [0.25, 0.3) is 0 Å². The number of aromatic nitrogens is 3. The lowest BCUT2D eigenvalue weighted by atomic mass is 10.1. The quantitative estimate of drug-likeness (QED) is 0.631. The molecule has 7 heteroatoms. The second kappa shape index (κ2) is 8.83. The number of amides is 1. The molecule has 4 rings (SSSR count). The van der Waals surface area contributed by atoms with Crippen molar-refractivity contribution in [2.24, 2.45) is 0 Å². The first-order valence-corrected chi connectivity index (χ1v) is 10.6. The molecular weight excluding hydrogens is 376 g/mol. The number of nitrogens with one attached hydrogen (secondary N) is 2. The van der Waals surface area contributed by atoms with E-state index in [1.54, 1.807) is 0 Å². The van der Waals surface area contributed by atoms with Crippen molar-refractivity contribution in [1.82, 2.24) is 25.2 Å². The van der Waals surface area contributed by atoms with Gasteiger partial charge in [-0.15, -0.1) is 0 Å². The zero-order valence-electron chi connectivity index (χ0n) is 18.0. The van der Waals surface area contributed by atoms with Crippen molar-refractivity contribution in [2.75, 3.05) is 32.6 Å². The van der Waals surface area contributed by atoms with Crippen LogP contribution in [-0.4, -0.2) is 53.4 Å². The third-order valence-electron chi connectivity index (χ3n) is 5.75. The third-order valence-corrected chi connectivity index (χ3v) is 5.75. The molecule has 1 atom stereocenters. The number of hydrogen-bond donors (Lipinski definition) is 2. The van der Waals surface area contributed by atoms with E-state index >= 15 is 0 Å². The van der Waals surface area contributed by atoms with Crippen LogP contribution in [0.3, 0.4) is 0 Å². The van der Waals surface area contributed by atoms with Crippen molar-refractivity contribution in [1.29, 1.82) is 0 Å². The summed E-state index contributed by atoms with van der Waals surface area (Å²) in [6, 6.07) is 10.2. The number of carbonyl (C=O) groups is 1. The van der Waals surface area contributed by atoms with E-state index in [2.05, 4.69) is 22.4 Å². The molecule has 3 heterocycles.